The van der Waals surface area contributed by atoms with Crippen molar-refractivity contribution in [2.75, 3.05) is 13.7 Å². The number of benzene rings is 1. The van der Waals surface area contributed by atoms with E-state index in [-0.39, 0.29) is 11.9 Å². The van der Waals surface area contributed by atoms with Crippen LogP contribution >= 0.6 is 0 Å². The molecule has 4 nitrogen and oxygen atoms in total. The van der Waals surface area contributed by atoms with E-state index >= 15 is 0 Å². The zero-order valence-electron chi connectivity index (χ0n) is 10.7. The zero-order valence-corrected chi connectivity index (χ0v) is 10.7. The van der Waals surface area contributed by atoms with Crippen molar-refractivity contribution in [3.05, 3.63) is 29.8 Å². The van der Waals surface area contributed by atoms with Gasteiger partial charge in [-0.2, -0.15) is 0 Å². The molecule has 94 valence electrons. The molecule has 4 heteroatoms. The minimum Gasteiger partial charge on any atom is -0.494 e. The van der Waals surface area contributed by atoms with Crippen molar-refractivity contribution in [1.29, 1.82) is 0 Å². The SMILES string of the molecule is CCOc1ccc(C[NH+](C)[C@@H](C)C(N)=O)cc1. The summed E-state index contributed by atoms with van der Waals surface area (Å²) in [5.41, 5.74) is 6.44. The Morgan fingerprint density at radius 3 is 2.47 bits per heavy atom. The molecule has 0 heterocycles. The molecule has 2 atom stereocenters. The van der Waals surface area contributed by atoms with Gasteiger partial charge in [-0.05, 0) is 38.1 Å². The van der Waals surface area contributed by atoms with Gasteiger partial charge in [0.2, 0.25) is 0 Å². The molecule has 0 aliphatic rings. The molecule has 3 N–H and O–H groups in total. The average molecular weight is 237 g/mol. The van der Waals surface area contributed by atoms with E-state index in [4.69, 9.17) is 10.5 Å². The third kappa shape index (κ3) is 4.07. The van der Waals surface area contributed by atoms with Gasteiger partial charge in [0.15, 0.2) is 6.04 Å². The van der Waals surface area contributed by atoms with Crippen molar-refractivity contribution in [2.45, 2.75) is 26.4 Å². The second kappa shape index (κ2) is 6.25. The Bertz CT molecular complexity index is 362. The van der Waals surface area contributed by atoms with Crippen LogP contribution in [0.3, 0.4) is 0 Å². The van der Waals surface area contributed by atoms with Crippen LogP contribution < -0.4 is 15.4 Å². The number of amides is 1. The molecular formula is C13H21N2O2+. The summed E-state index contributed by atoms with van der Waals surface area (Å²) in [5.74, 6) is 0.602. The number of nitrogens with two attached hydrogens (primary N) is 1. The Morgan fingerprint density at radius 1 is 1.41 bits per heavy atom. The van der Waals surface area contributed by atoms with Gasteiger partial charge in [-0.1, -0.05) is 0 Å². The lowest BCUT2D eigenvalue weighted by atomic mass is 10.2. The predicted octanol–water partition coefficient (Wildman–Crippen LogP) is -0.0262. The summed E-state index contributed by atoms with van der Waals surface area (Å²) in [6, 6.07) is 7.74. The molecule has 1 aromatic carbocycles. The fourth-order valence-corrected chi connectivity index (χ4v) is 1.59. The predicted molar refractivity (Wildman–Crippen MR) is 66.9 cm³/mol. The Morgan fingerprint density at radius 2 is 2.00 bits per heavy atom. The lowest BCUT2D eigenvalue weighted by Gasteiger charge is -2.19. The molecule has 17 heavy (non-hydrogen) atoms. The molecule has 0 saturated carbocycles. The van der Waals surface area contributed by atoms with Crippen LogP contribution in [0.25, 0.3) is 0 Å². The van der Waals surface area contributed by atoms with Crippen LogP contribution in [-0.4, -0.2) is 25.6 Å². The molecule has 0 bridgehead atoms. The van der Waals surface area contributed by atoms with Gasteiger partial charge >= 0.3 is 0 Å². The van der Waals surface area contributed by atoms with Crippen LogP contribution in [0.1, 0.15) is 19.4 Å². The lowest BCUT2D eigenvalue weighted by Crippen LogP contribution is -3.12. The molecule has 1 aromatic rings. The Balaban J connectivity index is 2.59. The third-order valence-corrected chi connectivity index (χ3v) is 2.88. The number of quaternary nitrogens is 1. The fourth-order valence-electron chi connectivity index (χ4n) is 1.59. The van der Waals surface area contributed by atoms with Crippen LogP contribution in [0.15, 0.2) is 24.3 Å². The molecule has 0 fully saturated rings. The fraction of sp³-hybridized carbons (Fsp3) is 0.462. The number of carbonyl (C=O) groups is 1. The van der Waals surface area contributed by atoms with Crippen LogP contribution in [0.4, 0.5) is 0 Å². The molecule has 0 saturated heterocycles. The van der Waals surface area contributed by atoms with E-state index in [1.54, 1.807) is 0 Å². The first kappa shape index (κ1) is 13.5. The summed E-state index contributed by atoms with van der Waals surface area (Å²) < 4.78 is 5.37. The molecule has 1 rings (SSSR count). The minimum atomic E-state index is -0.270. The maximum Gasteiger partial charge on any atom is 0.275 e. The van der Waals surface area contributed by atoms with Crippen molar-refractivity contribution in [3.63, 3.8) is 0 Å². The largest absolute Gasteiger partial charge is 0.494 e. The van der Waals surface area contributed by atoms with Crippen molar-refractivity contribution in [1.82, 2.24) is 0 Å². The van der Waals surface area contributed by atoms with E-state index in [1.165, 1.54) is 5.56 Å². The number of rotatable bonds is 6. The summed E-state index contributed by atoms with van der Waals surface area (Å²) in [7, 11) is 1.96. The quantitative estimate of drug-likeness (QED) is 0.730. The number of ether oxygens (including phenoxy) is 1. The number of hydrogen-bond donors (Lipinski definition) is 2. The molecule has 0 spiro atoms. The summed E-state index contributed by atoms with van der Waals surface area (Å²) in [4.78, 5) is 12.1. The smallest absolute Gasteiger partial charge is 0.275 e. The van der Waals surface area contributed by atoms with Gasteiger partial charge in [-0.25, -0.2) is 0 Å². The van der Waals surface area contributed by atoms with E-state index in [2.05, 4.69) is 0 Å². The minimum absolute atomic E-state index is 0.179. The normalized spacial score (nSPS) is 14.1. The van der Waals surface area contributed by atoms with Gasteiger partial charge < -0.3 is 15.4 Å². The van der Waals surface area contributed by atoms with E-state index in [9.17, 15) is 4.79 Å². The molecule has 1 unspecified atom stereocenters. The molecule has 0 aromatic heterocycles. The standard InChI is InChI=1S/C13H20N2O2/c1-4-17-12-7-5-11(6-8-12)9-15(3)10(2)13(14)16/h5-8,10H,4,9H2,1-3H3,(H2,14,16)/p+1/t10-/m0/s1. The monoisotopic (exact) mass is 237 g/mol. The number of carbonyl (C=O) groups excluding carboxylic acids is 1. The molecule has 0 aliphatic carbocycles. The first-order chi connectivity index (χ1) is 8.04. The summed E-state index contributed by atoms with van der Waals surface area (Å²) >= 11 is 0. The Hall–Kier alpha value is -1.55. The molecule has 1 amide bonds. The molecule has 0 radical (unpaired) electrons. The molecular weight excluding hydrogens is 216 g/mol. The van der Waals surface area contributed by atoms with Gasteiger partial charge in [-0.15, -0.1) is 0 Å². The highest BCUT2D eigenvalue weighted by Crippen LogP contribution is 2.11. The second-order valence-corrected chi connectivity index (χ2v) is 4.22. The first-order valence-corrected chi connectivity index (χ1v) is 5.88. The van der Waals surface area contributed by atoms with Crippen LogP contribution in [0, 0.1) is 0 Å². The average Bonchev–Trinajstić information content (AvgIpc) is 2.30. The van der Waals surface area contributed by atoms with Gasteiger partial charge in [0, 0.05) is 5.56 Å². The van der Waals surface area contributed by atoms with E-state index < -0.39 is 0 Å². The van der Waals surface area contributed by atoms with Crippen molar-refractivity contribution in [2.24, 2.45) is 5.73 Å². The number of nitrogens with one attached hydrogen (secondary N) is 1. The summed E-state index contributed by atoms with van der Waals surface area (Å²) in [5, 5.41) is 0. The second-order valence-electron chi connectivity index (χ2n) is 4.22. The maximum atomic E-state index is 11.1. The van der Waals surface area contributed by atoms with Crippen molar-refractivity contribution in [3.8, 4) is 5.75 Å². The summed E-state index contributed by atoms with van der Waals surface area (Å²) in [6.45, 7) is 5.24. The summed E-state index contributed by atoms with van der Waals surface area (Å²) in [6.07, 6.45) is 0. The van der Waals surface area contributed by atoms with Gasteiger partial charge in [0.25, 0.3) is 5.91 Å². The first-order valence-electron chi connectivity index (χ1n) is 5.88. The Kier molecular flexibility index (Phi) is 4.97. The van der Waals surface area contributed by atoms with E-state index in [1.807, 2.05) is 45.2 Å². The number of hydrogen-bond acceptors (Lipinski definition) is 2. The highest BCUT2D eigenvalue weighted by molar-refractivity contribution is 5.77. The number of primary amides is 1. The van der Waals surface area contributed by atoms with Crippen LogP contribution in [0.5, 0.6) is 5.75 Å². The lowest BCUT2D eigenvalue weighted by molar-refractivity contribution is -0.908. The van der Waals surface area contributed by atoms with Crippen molar-refractivity contribution >= 4 is 5.91 Å². The highest BCUT2D eigenvalue weighted by Gasteiger charge is 2.18. The van der Waals surface area contributed by atoms with Crippen LogP contribution in [-0.2, 0) is 11.3 Å². The highest BCUT2D eigenvalue weighted by atomic mass is 16.5. The number of likely N-dealkylation sites (N-methyl/N-ethyl adjacent to an activating group) is 1. The van der Waals surface area contributed by atoms with Gasteiger partial charge in [0.1, 0.15) is 12.3 Å². The molecule has 0 aliphatic heterocycles. The topological polar surface area (TPSA) is 56.8 Å². The van der Waals surface area contributed by atoms with Gasteiger partial charge in [0.05, 0.1) is 13.7 Å². The third-order valence-electron chi connectivity index (χ3n) is 2.88. The van der Waals surface area contributed by atoms with Crippen LogP contribution in [0.2, 0.25) is 0 Å². The van der Waals surface area contributed by atoms with Crippen molar-refractivity contribution < 1.29 is 14.4 Å². The van der Waals surface area contributed by atoms with E-state index in [0.717, 1.165) is 17.2 Å². The zero-order chi connectivity index (χ0) is 12.8. The maximum absolute atomic E-state index is 11.1. The Labute approximate surface area is 102 Å². The van der Waals surface area contributed by atoms with Gasteiger partial charge in [-0.3, -0.25) is 4.79 Å². The van der Waals surface area contributed by atoms with E-state index in [0.29, 0.717) is 6.61 Å².